The predicted octanol–water partition coefficient (Wildman–Crippen LogP) is -1.16. The summed E-state index contributed by atoms with van der Waals surface area (Å²) in [5, 5.41) is 10.4. The third-order valence-corrected chi connectivity index (χ3v) is 1.74. The molecular weight excluding hydrogens is 186 g/mol. The Morgan fingerprint density at radius 1 is 1.43 bits per heavy atom. The molecular formula is C8H14N3O3-. The number of carbonyl (C=O) groups excluding carboxylic acids is 2. The maximum Gasteiger partial charge on any atom is 0.330 e. The molecule has 0 radical (unpaired) electrons. The van der Waals surface area contributed by atoms with Crippen molar-refractivity contribution in [2.45, 2.75) is 20.3 Å². The van der Waals surface area contributed by atoms with E-state index in [4.69, 9.17) is 5.73 Å². The van der Waals surface area contributed by atoms with Crippen molar-refractivity contribution in [3.63, 3.8) is 0 Å². The van der Waals surface area contributed by atoms with Crippen molar-refractivity contribution < 1.29 is 14.7 Å². The Hall–Kier alpha value is -1.72. The van der Waals surface area contributed by atoms with E-state index in [1.54, 1.807) is 13.8 Å². The van der Waals surface area contributed by atoms with Crippen LogP contribution in [0.4, 0.5) is 4.79 Å². The van der Waals surface area contributed by atoms with Crippen molar-refractivity contribution in [1.82, 2.24) is 10.9 Å². The molecule has 2 amide bonds. The molecule has 80 valence electrons. The molecule has 0 aliphatic heterocycles. The van der Waals surface area contributed by atoms with Crippen LogP contribution in [0.1, 0.15) is 20.3 Å². The average molecular weight is 200 g/mol. The van der Waals surface area contributed by atoms with Gasteiger partial charge in [-0.15, -0.1) is 0 Å². The molecule has 0 aromatic heterocycles. The summed E-state index contributed by atoms with van der Waals surface area (Å²) in [5.41, 5.74) is 8.95. The number of carbonyl (C=O) groups is 2. The molecule has 14 heavy (non-hydrogen) atoms. The van der Waals surface area contributed by atoms with E-state index in [0.29, 0.717) is 5.70 Å². The van der Waals surface area contributed by atoms with Crippen LogP contribution in [0.2, 0.25) is 0 Å². The van der Waals surface area contributed by atoms with Crippen molar-refractivity contribution in [2.24, 2.45) is 11.1 Å². The van der Waals surface area contributed by atoms with Gasteiger partial charge in [0.1, 0.15) is 0 Å². The highest BCUT2D eigenvalue weighted by Crippen LogP contribution is 2.26. The summed E-state index contributed by atoms with van der Waals surface area (Å²) in [6.45, 7) is 6.89. The Morgan fingerprint density at radius 2 is 1.93 bits per heavy atom. The summed E-state index contributed by atoms with van der Waals surface area (Å²) >= 11 is 0. The van der Waals surface area contributed by atoms with E-state index in [0.717, 1.165) is 0 Å². The van der Waals surface area contributed by atoms with Crippen molar-refractivity contribution >= 4 is 12.0 Å². The second kappa shape index (κ2) is 4.50. The van der Waals surface area contributed by atoms with Crippen LogP contribution in [-0.2, 0) is 4.79 Å². The van der Waals surface area contributed by atoms with Crippen molar-refractivity contribution in [2.75, 3.05) is 0 Å². The van der Waals surface area contributed by atoms with Crippen LogP contribution in [0.5, 0.6) is 0 Å². The quantitative estimate of drug-likeness (QED) is 0.486. The minimum Gasteiger partial charge on any atom is -0.550 e. The first kappa shape index (κ1) is 12.3. The third kappa shape index (κ3) is 4.34. The van der Waals surface area contributed by atoms with Crippen LogP contribution in [0, 0.1) is 5.41 Å². The minimum atomic E-state index is -1.18. The summed E-state index contributed by atoms with van der Waals surface area (Å²) in [6, 6.07) is -0.768. The Balaban J connectivity index is 4.21. The molecule has 0 aliphatic rings. The highest BCUT2D eigenvalue weighted by Gasteiger charge is 2.22. The van der Waals surface area contributed by atoms with Crippen LogP contribution in [-0.4, -0.2) is 12.0 Å². The number of hydrogen-bond acceptors (Lipinski definition) is 4. The molecule has 6 nitrogen and oxygen atoms in total. The molecule has 0 aliphatic carbocycles. The monoisotopic (exact) mass is 200 g/mol. The summed E-state index contributed by atoms with van der Waals surface area (Å²) in [6.07, 6.45) is -0.195. The lowest BCUT2D eigenvalue weighted by atomic mass is 9.86. The Bertz CT molecular complexity index is 261. The van der Waals surface area contributed by atoms with E-state index >= 15 is 0 Å². The number of rotatable bonds is 5. The van der Waals surface area contributed by atoms with Gasteiger partial charge in [0.25, 0.3) is 0 Å². The molecule has 0 bridgehead atoms. The van der Waals surface area contributed by atoms with Gasteiger partial charge in [0.05, 0.1) is 0 Å². The van der Waals surface area contributed by atoms with Gasteiger partial charge in [0.15, 0.2) is 0 Å². The lowest BCUT2D eigenvalue weighted by molar-refractivity contribution is -0.307. The molecule has 0 aromatic carbocycles. The first-order chi connectivity index (χ1) is 6.25. The van der Waals surface area contributed by atoms with Gasteiger partial charge >= 0.3 is 6.03 Å². The summed E-state index contributed by atoms with van der Waals surface area (Å²) in [5.74, 6) is -1.18. The average Bonchev–Trinajstić information content (AvgIpc) is 1.97. The molecule has 0 rings (SSSR count). The van der Waals surface area contributed by atoms with E-state index in [1.165, 1.54) is 0 Å². The van der Waals surface area contributed by atoms with Gasteiger partial charge < -0.3 is 21.1 Å². The van der Waals surface area contributed by atoms with Crippen LogP contribution in [0.3, 0.4) is 0 Å². The molecule has 0 spiro atoms. The summed E-state index contributed by atoms with van der Waals surface area (Å²) in [7, 11) is 0. The van der Waals surface area contributed by atoms with Crippen LogP contribution < -0.4 is 21.7 Å². The number of hydrazine groups is 1. The zero-order valence-corrected chi connectivity index (χ0v) is 8.22. The maximum atomic E-state index is 10.4. The number of aliphatic carboxylic acids is 1. The van der Waals surface area contributed by atoms with Crippen molar-refractivity contribution in [3.05, 3.63) is 12.3 Å². The molecule has 4 N–H and O–H groups in total. The van der Waals surface area contributed by atoms with Crippen LogP contribution in [0.15, 0.2) is 12.3 Å². The van der Waals surface area contributed by atoms with E-state index in [-0.39, 0.29) is 6.42 Å². The summed E-state index contributed by atoms with van der Waals surface area (Å²) in [4.78, 5) is 20.7. The largest absolute Gasteiger partial charge is 0.550 e. The van der Waals surface area contributed by atoms with Gasteiger partial charge in [0.2, 0.25) is 0 Å². The molecule has 0 unspecified atom stereocenters. The van der Waals surface area contributed by atoms with E-state index in [1.807, 2.05) is 0 Å². The normalized spacial score (nSPS) is 10.4. The number of primary amides is 1. The van der Waals surface area contributed by atoms with Crippen molar-refractivity contribution in [1.29, 1.82) is 0 Å². The SMILES string of the molecule is C=C(NNC(N)=O)C(C)(C)CC(=O)[O-]. The van der Waals surface area contributed by atoms with E-state index in [2.05, 4.69) is 17.4 Å². The lowest BCUT2D eigenvalue weighted by Crippen LogP contribution is -2.44. The van der Waals surface area contributed by atoms with Crippen molar-refractivity contribution in [3.8, 4) is 0 Å². The highest BCUT2D eigenvalue weighted by atomic mass is 16.4. The fourth-order valence-electron chi connectivity index (χ4n) is 0.774. The lowest BCUT2D eigenvalue weighted by Gasteiger charge is -2.28. The smallest absolute Gasteiger partial charge is 0.330 e. The Kier molecular flexibility index (Phi) is 3.95. The number of amides is 2. The summed E-state index contributed by atoms with van der Waals surface area (Å²) < 4.78 is 0. The van der Waals surface area contributed by atoms with E-state index < -0.39 is 17.4 Å². The third-order valence-electron chi connectivity index (χ3n) is 1.74. The van der Waals surface area contributed by atoms with Gasteiger partial charge in [-0.05, 0) is 6.42 Å². The minimum absolute atomic E-state index is 0.195. The molecule has 0 atom stereocenters. The van der Waals surface area contributed by atoms with Gasteiger partial charge in [0, 0.05) is 17.1 Å². The first-order valence-corrected chi connectivity index (χ1v) is 3.96. The molecule has 0 saturated carbocycles. The zero-order valence-electron chi connectivity index (χ0n) is 8.22. The van der Waals surface area contributed by atoms with Crippen LogP contribution in [0.25, 0.3) is 0 Å². The number of hydrogen-bond donors (Lipinski definition) is 3. The Labute approximate surface area is 82.1 Å². The standard InChI is InChI=1S/C8H15N3O3/c1-5(10-11-7(9)14)8(2,3)4-6(12)13/h10H,1,4H2,2-3H3,(H,12,13)(H3,9,11,14)/p-1. The van der Waals surface area contributed by atoms with Gasteiger partial charge in [-0.1, -0.05) is 20.4 Å². The molecule has 0 aromatic rings. The number of nitrogens with one attached hydrogen (secondary N) is 2. The van der Waals surface area contributed by atoms with E-state index in [9.17, 15) is 14.7 Å². The molecule has 0 fully saturated rings. The number of urea groups is 1. The number of nitrogens with two attached hydrogens (primary N) is 1. The second-order valence-corrected chi connectivity index (χ2v) is 3.53. The predicted molar refractivity (Wildman–Crippen MR) is 48.4 cm³/mol. The molecule has 6 heteroatoms. The topological polar surface area (TPSA) is 107 Å². The molecule has 0 saturated heterocycles. The maximum absolute atomic E-state index is 10.4. The highest BCUT2D eigenvalue weighted by molar-refractivity contribution is 5.71. The second-order valence-electron chi connectivity index (χ2n) is 3.53. The van der Waals surface area contributed by atoms with Gasteiger partial charge in [-0.25, -0.2) is 4.79 Å². The fraction of sp³-hybridized carbons (Fsp3) is 0.500. The van der Waals surface area contributed by atoms with Gasteiger partial charge in [-0.3, -0.25) is 5.43 Å². The number of carboxylic acid groups (broad SMARTS) is 1. The molecule has 0 heterocycles. The number of allylic oxidation sites excluding steroid dienone is 1. The zero-order chi connectivity index (χ0) is 11.4. The number of carboxylic acids is 1. The first-order valence-electron chi connectivity index (χ1n) is 3.96. The van der Waals surface area contributed by atoms with Gasteiger partial charge in [-0.2, -0.15) is 0 Å². The Morgan fingerprint density at radius 3 is 2.29 bits per heavy atom. The van der Waals surface area contributed by atoms with Crippen LogP contribution >= 0.6 is 0 Å². The fourth-order valence-corrected chi connectivity index (χ4v) is 0.774.